The zero-order chi connectivity index (χ0) is 14.7. The summed E-state index contributed by atoms with van der Waals surface area (Å²) >= 11 is 3.38. The Bertz CT molecular complexity index is 625. The lowest BCUT2D eigenvalue weighted by molar-refractivity contribution is 0.0987. The molecule has 0 heterocycles. The normalized spacial score (nSPS) is 10.4. The lowest BCUT2D eigenvalue weighted by Gasteiger charge is -2.22. The van der Waals surface area contributed by atoms with Crippen LogP contribution in [0.25, 0.3) is 0 Å². The van der Waals surface area contributed by atoms with Gasteiger partial charge in [0.25, 0.3) is 5.91 Å². The number of hydrogen-bond donors (Lipinski definition) is 0. The molecule has 0 fully saturated rings. The lowest BCUT2D eigenvalue weighted by atomic mass is 10.1. The van der Waals surface area contributed by atoms with Gasteiger partial charge in [-0.05, 0) is 55.8 Å². The molecule has 20 heavy (non-hydrogen) atoms. The molecule has 0 saturated carbocycles. The first-order chi connectivity index (χ1) is 9.52. The molecule has 0 aliphatic carbocycles. The number of hydrogen-bond acceptors (Lipinski definition) is 1. The van der Waals surface area contributed by atoms with Crippen LogP contribution in [0, 0.1) is 12.7 Å². The maximum absolute atomic E-state index is 13.0. The number of halogens is 2. The summed E-state index contributed by atoms with van der Waals surface area (Å²) in [5, 5.41) is 0. The van der Waals surface area contributed by atoms with Crippen molar-refractivity contribution < 1.29 is 9.18 Å². The van der Waals surface area contributed by atoms with Crippen LogP contribution in [0.5, 0.6) is 0 Å². The number of rotatable bonds is 3. The molecule has 0 spiro atoms. The Hall–Kier alpha value is -1.68. The predicted molar refractivity (Wildman–Crippen MR) is 82.6 cm³/mol. The smallest absolute Gasteiger partial charge is 0.258 e. The zero-order valence-corrected chi connectivity index (χ0v) is 12.9. The van der Waals surface area contributed by atoms with Gasteiger partial charge < -0.3 is 4.90 Å². The minimum absolute atomic E-state index is 0.0853. The van der Waals surface area contributed by atoms with Crippen molar-refractivity contribution >= 4 is 27.5 Å². The van der Waals surface area contributed by atoms with Gasteiger partial charge in [0, 0.05) is 22.3 Å². The van der Waals surface area contributed by atoms with E-state index in [0.29, 0.717) is 17.8 Å². The summed E-state index contributed by atoms with van der Waals surface area (Å²) in [5.74, 6) is -0.395. The molecule has 0 bridgehead atoms. The molecule has 0 aliphatic rings. The largest absolute Gasteiger partial charge is 0.309 e. The Morgan fingerprint density at radius 3 is 2.45 bits per heavy atom. The number of carbonyl (C=O) groups excluding carboxylic acids is 1. The molecule has 0 atom stereocenters. The van der Waals surface area contributed by atoms with E-state index in [1.165, 1.54) is 12.1 Å². The average molecular weight is 336 g/mol. The first-order valence-electron chi connectivity index (χ1n) is 6.36. The predicted octanol–water partition coefficient (Wildman–Crippen LogP) is 4.56. The van der Waals surface area contributed by atoms with Crippen LogP contribution in [0.2, 0.25) is 0 Å². The number of nitrogens with zero attached hydrogens (tertiary/aromatic N) is 1. The SMILES string of the molecule is CCN(C(=O)c1cc(Br)ccc1C)c1ccc(F)cc1. The van der Waals surface area contributed by atoms with Gasteiger partial charge in [-0.3, -0.25) is 4.79 Å². The van der Waals surface area contributed by atoms with Crippen LogP contribution >= 0.6 is 15.9 Å². The minimum atomic E-state index is -0.309. The highest BCUT2D eigenvalue weighted by Crippen LogP contribution is 2.22. The molecule has 0 aromatic heterocycles. The number of benzene rings is 2. The van der Waals surface area contributed by atoms with Crippen molar-refractivity contribution in [2.75, 3.05) is 11.4 Å². The monoisotopic (exact) mass is 335 g/mol. The second-order valence-electron chi connectivity index (χ2n) is 4.49. The first-order valence-corrected chi connectivity index (χ1v) is 7.16. The van der Waals surface area contributed by atoms with Gasteiger partial charge in [0.2, 0.25) is 0 Å². The Morgan fingerprint density at radius 2 is 1.85 bits per heavy atom. The summed E-state index contributed by atoms with van der Waals surface area (Å²) in [6.07, 6.45) is 0. The van der Waals surface area contributed by atoms with Crippen LogP contribution in [0.3, 0.4) is 0 Å². The third-order valence-corrected chi connectivity index (χ3v) is 3.62. The number of amides is 1. The molecule has 0 radical (unpaired) electrons. The van der Waals surface area contributed by atoms with Gasteiger partial charge in [0.1, 0.15) is 5.82 Å². The number of carbonyl (C=O) groups is 1. The molecular weight excluding hydrogens is 321 g/mol. The van der Waals surface area contributed by atoms with E-state index < -0.39 is 0 Å². The molecule has 104 valence electrons. The molecule has 2 nitrogen and oxygen atoms in total. The third kappa shape index (κ3) is 3.07. The fourth-order valence-electron chi connectivity index (χ4n) is 2.03. The molecule has 0 aliphatic heterocycles. The fourth-order valence-corrected chi connectivity index (χ4v) is 2.40. The van der Waals surface area contributed by atoms with Gasteiger partial charge in [0.05, 0.1) is 0 Å². The quantitative estimate of drug-likeness (QED) is 0.804. The summed E-state index contributed by atoms with van der Waals surface area (Å²) in [6, 6.07) is 11.6. The topological polar surface area (TPSA) is 20.3 Å². The van der Waals surface area contributed by atoms with Crippen molar-refractivity contribution in [3.8, 4) is 0 Å². The summed E-state index contributed by atoms with van der Waals surface area (Å²) in [6.45, 7) is 4.32. The van der Waals surface area contributed by atoms with Crippen molar-refractivity contribution in [1.29, 1.82) is 0 Å². The van der Waals surface area contributed by atoms with Crippen molar-refractivity contribution in [2.45, 2.75) is 13.8 Å². The van der Waals surface area contributed by atoms with Crippen LogP contribution in [0.4, 0.5) is 10.1 Å². The molecule has 4 heteroatoms. The van der Waals surface area contributed by atoms with Crippen LogP contribution in [-0.2, 0) is 0 Å². The van der Waals surface area contributed by atoms with Gasteiger partial charge in [-0.1, -0.05) is 22.0 Å². The van der Waals surface area contributed by atoms with Crippen LogP contribution < -0.4 is 4.90 Å². The summed E-state index contributed by atoms with van der Waals surface area (Å²) in [7, 11) is 0. The van der Waals surface area contributed by atoms with Gasteiger partial charge in [0.15, 0.2) is 0 Å². The summed E-state index contributed by atoms with van der Waals surface area (Å²) in [5.41, 5.74) is 2.25. The molecule has 2 aromatic rings. The highest BCUT2D eigenvalue weighted by Gasteiger charge is 2.18. The van der Waals surface area contributed by atoms with E-state index in [0.717, 1.165) is 10.0 Å². The molecule has 0 unspecified atom stereocenters. The van der Waals surface area contributed by atoms with E-state index in [1.807, 2.05) is 32.0 Å². The van der Waals surface area contributed by atoms with Gasteiger partial charge in [-0.15, -0.1) is 0 Å². The third-order valence-electron chi connectivity index (χ3n) is 3.13. The van der Waals surface area contributed by atoms with Crippen LogP contribution in [0.15, 0.2) is 46.9 Å². The van der Waals surface area contributed by atoms with Crippen molar-refractivity contribution in [3.63, 3.8) is 0 Å². The van der Waals surface area contributed by atoms with Crippen LogP contribution in [-0.4, -0.2) is 12.5 Å². The highest BCUT2D eigenvalue weighted by atomic mass is 79.9. The van der Waals surface area contributed by atoms with Gasteiger partial charge in [-0.25, -0.2) is 4.39 Å². The average Bonchev–Trinajstić information content (AvgIpc) is 2.44. The second kappa shape index (κ2) is 6.18. The van der Waals surface area contributed by atoms with E-state index in [2.05, 4.69) is 15.9 Å². The van der Waals surface area contributed by atoms with E-state index in [4.69, 9.17) is 0 Å². The van der Waals surface area contributed by atoms with Gasteiger partial charge >= 0.3 is 0 Å². The second-order valence-corrected chi connectivity index (χ2v) is 5.40. The maximum Gasteiger partial charge on any atom is 0.258 e. The molecular formula is C16H15BrFNO. The molecule has 0 saturated heterocycles. The highest BCUT2D eigenvalue weighted by molar-refractivity contribution is 9.10. The lowest BCUT2D eigenvalue weighted by Crippen LogP contribution is -2.31. The standard InChI is InChI=1S/C16H15BrFNO/c1-3-19(14-8-6-13(18)7-9-14)16(20)15-10-12(17)5-4-11(15)2/h4-10H,3H2,1-2H3. The summed E-state index contributed by atoms with van der Waals surface area (Å²) in [4.78, 5) is 14.3. The Balaban J connectivity index is 2.38. The van der Waals surface area contributed by atoms with Crippen LogP contribution in [0.1, 0.15) is 22.8 Å². The van der Waals surface area contributed by atoms with E-state index >= 15 is 0 Å². The van der Waals surface area contributed by atoms with E-state index in [1.54, 1.807) is 17.0 Å². The minimum Gasteiger partial charge on any atom is -0.309 e. The Morgan fingerprint density at radius 1 is 1.20 bits per heavy atom. The van der Waals surface area contributed by atoms with E-state index in [-0.39, 0.29) is 11.7 Å². The molecule has 0 N–H and O–H groups in total. The van der Waals surface area contributed by atoms with Crippen molar-refractivity contribution in [3.05, 3.63) is 63.9 Å². The molecule has 1 amide bonds. The molecule has 2 rings (SSSR count). The fraction of sp³-hybridized carbons (Fsp3) is 0.188. The Labute approximate surface area is 126 Å². The molecule has 2 aromatic carbocycles. The van der Waals surface area contributed by atoms with E-state index in [9.17, 15) is 9.18 Å². The number of aryl methyl sites for hydroxylation is 1. The summed E-state index contributed by atoms with van der Waals surface area (Å²) < 4.78 is 13.8. The van der Waals surface area contributed by atoms with Gasteiger partial charge in [-0.2, -0.15) is 0 Å². The maximum atomic E-state index is 13.0. The first kappa shape index (κ1) is 14.7. The number of anilines is 1. The Kier molecular flexibility index (Phi) is 4.55. The van der Waals surface area contributed by atoms with Crippen molar-refractivity contribution in [2.24, 2.45) is 0 Å². The van der Waals surface area contributed by atoms with Crippen molar-refractivity contribution in [1.82, 2.24) is 0 Å². The zero-order valence-electron chi connectivity index (χ0n) is 11.4.